The van der Waals surface area contributed by atoms with Crippen molar-refractivity contribution in [3.8, 4) is 34.8 Å². The molecule has 0 fully saturated rings. The summed E-state index contributed by atoms with van der Waals surface area (Å²) in [6.07, 6.45) is 1.67. The molecule has 154 valence electrons. The fraction of sp³-hybridized carbons (Fsp3) is 0.360. The standard InChI is InChI=1S/C25H24N6/c1-23(2)17-9-7-15(11-18(17)24(3,4)25(23,5)6)19-10-8-16(14-28-19)22-30-20(12-26)29-21(13-27)31-22/h7-11,14H,1-6H3. The molecule has 1 aromatic carbocycles. The normalized spacial score (nSPS) is 17.4. The molecule has 0 saturated heterocycles. The van der Waals surface area contributed by atoms with Crippen LogP contribution in [0.2, 0.25) is 0 Å². The van der Waals surface area contributed by atoms with Crippen LogP contribution in [-0.2, 0) is 10.8 Å². The van der Waals surface area contributed by atoms with Crippen molar-refractivity contribution >= 4 is 0 Å². The lowest BCUT2D eigenvalue weighted by Crippen LogP contribution is -2.42. The number of hydrogen-bond acceptors (Lipinski definition) is 6. The lowest BCUT2D eigenvalue weighted by Gasteiger charge is -2.44. The quantitative estimate of drug-likeness (QED) is 0.595. The molecule has 1 aliphatic carbocycles. The third-order valence-corrected chi connectivity index (χ3v) is 7.64. The van der Waals surface area contributed by atoms with Crippen LogP contribution in [0, 0.1) is 28.1 Å². The number of hydrogen-bond donors (Lipinski definition) is 0. The Kier molecular flexibility index (Phi) is 4.45. The molecule has 0 spiro atoms. The van der Waals surface area contributed by atoms with Crippen molar-refractivity contribution in [2.75, 3.05) is 0 Å². The molecule has 0 unspecified atom stereocenters. The van der Waals surface area contributed by atoms with E-state index in [2.05, 4.69) is 79.7 Å². The summed E-state index contributed by atoms with van der Waals surface area (Å²) in [6, 6.07) is 14.1. The second kappa shape index (κ2) is 6.68. The molecular formula is C25H24N6. The van der Waals surface area contributed by atoms with Crippen molar-refractivity contribution in [1.82, 2.24) is 19.9 Å². The monoisotopic (exact) mass is 408 g/mol. The first-order valence-corrected chi connectivity index (χ1v) is 10.2. The molecule has 2 aromatic heterocycles. The van der Waals surface area contributed by atoms with Crippen LogP contribution in [0.15, 0.2) is 36.5 Å². The van der Waals surface area contributed by atoms with E-state index in [1.807, 2.05) is 24.3 Å². The zero-order chi connectivity index (χ0) is 22.6. The Hall–Kier alpha value is -3.64. The van der Waals surface area contributed by atoms with Gasteiger partial charge in [0.2, 0.25) is 11.6 Å². The lowest BCUT2D eigenvalue weighted by molar-refractivity contribution is 0.125. The summed E-state index contributed by atoms with van der Waals surface area (Å²) in [6.45, 7) is 14.0. The van der Waals surface area contributed by atoms with E-state index in [0.29, 0.717) is 5.56 Å². The van der Waals surface area contributed by atoms with Crippen LogP contribution in [0.1, 0.15) is 64.3 Å². The largest absolute Gasteiger partial charge is 0.255 e. The van der Waals surface area contributed by atoms with E-state index >= 15 is 0 Å². The van der Waals surface area contributed by atoms with Crippen molar-refractivity contribution in [2.24, 2.45) is 5.41 Å². The topological polar surface area (TPSA) is 99.1 Å². The Bertz CT molecular complexity index is 1240. The summed E-state index contributed by atoms with van der Waals surface area (Å²) in [5, 5.41) is 18.2. The second-order valence-corrected chi connectivity index (χ2v) is 9.60. The minimum Gasteiger partial charge on any atom is -0.255 e. The number of aromatic nitrogens is 4. The fourth-order valence-corrected chi connectivity index (χ4v) is 4.52. The SMILES string of the molecule is CC1(C)c2ccc(-c3ccc(-c4nc(C#N)nc(C#N)n4)cn3)cc2C(C)(C)C1(C)C. The first-order chi connectivity index (χ1) is 14.5. The average molecular weight is 409 g/mol. The molecule has 0 saturated carbocycles. The van der Waals surface area contributed by atoms with Crippen LogP contribution in [0.25, 0.3) is 22.6 Å². The van der Waals surface area contributed by atoms with Crippen LogP contribution in [0.5, 0.6) is 0 Å². The highest BCUT2D eigenvalue weighted by Gasteiger charge is 2.56. The van der Waals surface area contributed by atoms with Gasteiger partial charge in [0.1, 0.15) is 12.1 Å². The average Bonchev–Trinajstić information content (AvgIpc) is 2.87. The first kappa shape index (κ1) is 20.6. The molecule has 1 aliphatic rings. The van der Waals surface area contributed by atoms with Gasteiger partial charge < -0.3 is 0 Å². The maximum Gasteiger partial charge on any atom is 0.236 e. The van der Waals surface area contributed by atoms with E-state index in [4.69, 9.17) is 10.5 Å². The van der Waals surface area contributed by atoms with Crippen molar-refractivity contribution in [3.63, 3.8) is 0 Å². The molecule has 3 aromatic rings. The minimum atomic E-state index is -0.0864. The number of benzene rings is 1. The smallest absolute Gasteiger partial charge is 0.236 e. The summed E-state index contributed by atoms with van der Waals surface area (Å²) in [5.74, 6) is 0.0918. The van der Waals surface area contributed by atoms with E-state index in [9.17, 15) is 0 Å². The molecule has 0 N–H and O–H groups in total. The Labute approximate surface area is 182 Å². The van der Waals surface area contributed by atoms with Gasteiger partial charge in [0, 0.05) is 17.3 Å². The lowest BCUT2D eigenvalue weighted by atomic mass is 9.59. The Balaban J connectivity index is 1.75. The van der Waals surface area contributed by atoms with Gasteiger partial charge in [-0.3, -0.25) is 4.98 Å². The highest BCUT2D eigenvalue weighted by molar-refractivity contribution is 5.66. The number of rotatable bonds is 2. The van der Waals surface area contributed by atoms with Crippen molar-refractivity contribution < 1.29 is 0 Å². The van der Waals surface area contributed by atoms with Gasteiger partial charge in [-0.15, -0.1) is 0 Å². The number of nitriles is 2. The van der Waals surface area contributed by atoms with Crippen LogP contribution in [0.4, 0.5) is 0 Å². The van der Waals surface area contributed by atoms with E-state index in [0.717, 1.165) is 11.3 Å². The minimum absolute atomic E-state index is 0.0219. The zero-order valence-corrected chi connectivity index (χ0v) is 18.6. The molecule has 0 bridgehead atoms. The van der Waals surface area contributed by atoms with Gasteiger partial charge in [-0.05, 0) is 45.6 Å². The Morgan fingerprint density at radius 3 is 1.84 bits per heavy atom. The summed E-state index contributed by atoms with van der Waals surface area (Å²) < 4.78 is 0. The highest BCUT2D eigenvalue weighted by Crippen LogP contribution is 2.61. The van der Waals surface area contributed by atoms with Crippen molar-refractivity contribution in [1.29, 1.82) is 10.5 Å². The van der Waals surface area contributed by atoms with E-state index < -0.39 is 0 Å². The fourth-order valence-electron chi connectivity index (χ4n) is 4.52. The molecule has 2 heterocycles. The molecule has 6 heteroatoms. The molecular weight excluding hydrogens is 384 g/mol. The second-order valence-electron chi connectivity index (χ2n) is 9.60. The third kappa shape index (κ3) is 2.91. The number of fused-ring (bicyclic) bond motifs is 1. The van der Waals surface area contributed by atoms with Crippen molar-refractivity contribution in [2.45, 2.75) is 52.4 Å². The van der Waals surface area contributed by atoms with E-state index in [1.54, 1.807) is 6.20 Å². The van der Waals surface area contributed by atoms with E-state index in [-0.39, 0.29) is 33.7 Å². The number of nitrogens with zero attached hydrogens (tertiary/aromatic N) is 6. The molecule has 0 atom stereocenters. The van der Waals surface area contributed by atoms with Gasteiger partial charge in [-0.2, -0.15) is 25.5 Å². The molecule has 0 aliphatic heterocycles. The predicted octanol–water partition coefficient (Wildman–Crippen LogP) is 4.94. The number of pyridine rings is 1. The van der Waals surface area contributed by atoms with Gasteiger partial charge in [0.05, 0.1) is 5.69 Å². The summed E-state index contributed by atoms with van der Waals surface area (Å²) >= 11 is 0. The molecule has 0 radical (unpaired) electrons. The Morgan fingerprint density at radius 1 is 0.710 bits per heavy atom. The maximum atomic E-state index is 9.09. The molecule has 0 amide bonds. The maximum absolute atomic E-state index is 9.09. The van der Waals surface area contributed by atoms with Crippen molar-refractivity contribution in [3.05, 3.63) is 59.3 Å². The van der Waals surface area contributed by atoms with Crippen LogP contribution < -0.4 is 0 Å². The Morgan fingerprint density at radius 2 is 1.29 bits per heavy atom. The van der Waals surface area contributed by atoms with Crippen LogP contribution >= 0.6 is 0 Å². The molecule has 31 heavy (non-hydrogen) atoms. The first-order valence-electron chi connectivity index (χ1n) is 10.2. The van der Waals surface area contributed by atoms with Gasteiger partial charge in [-0.1, -0.05) is 53.7 Å². The van der Waals surface area contributed by atoms with Gasteiger partial charge in [-0.25, -0.2) is 0 Å². The molecule has 4 rings (SSSR count). The third-order valence-electron chi connectivity index (χ3n) is 7.64. The summed E-state index contributed by atoms with van der Waals surface area (Å²) in [4.78, 5) is 16.6. The highest BCUT2D eigenvalue weighted by atomic mass is 15.0. The van der Waals surface area contributed by atoms with E-state index in [1.165, 1.54) is 11.1 Å². The van der Waals surface area contributed by atoms with Crippen LogP contribution in [-0.4, -0.2) is 19.9 Å². The zero-order valence-electron chi connectivity index (χ0n) is 18.6. The molecule has 6 nitrogen and oxygen atoms in total. The predicted molar refractivity (Wildman–Crippen MR) is 118 cm³/mol. The van der Waals surface area contributed by atoms with Gasteiger partial charge in [0.25, 0.3) is 0 Å². The summed E-state index contributed by atoms with van der Waals surface area (Å²) in [5.41, 5.74) is 5.47. The summed E-state index contributed by atoms with van der Waals surface area (Å²) in [7, 11) is 0. The van der Waals surface area contributed by atoms with Gasteiger partial charge in [0.15, 0.2) is 5.82 Å². The van der Waals surface area contributed by atoms with Gasteiger partial charge >= 0.3 is 0 Å². The van der Waals surface area contributed by atoms with Crippen LogP contribution in [0.3, 0.4) is 0 Å².